The van der Waals surface area contributed by atoms with E-state index >= 15 is 0 Å². The molecular formula is C11H19NO3S. The predicted octanol–water partition coefficient (Wildman–Crippen LogP) is 1.25. The lowest BCUT2D eigenvalue weighted by molar-refractivity contribution is -0.0396. The van der Waals surface area contributed by atoms with E-state index in [0.717, 1.165) is 6.26 Å². The van der Waals surface area contributed by atoms with Crippen LogP contribution in [-0.2, 0) is 9.84 Å². The Morgan fingerprint density at radius 1 is 1.62 bits per heavy atom. The van der Waals surface area contributed by atoms with Gasteiger partial charge in [-0.05, 0) is 32.6 Å². The Hall–Kier alpha value is -0.600. The zero-order valence-corrected chi connectivity index (χ0v) is 10.8. The number of hydrogen-bond acceptors (Lipinski definition) is 4. The number of sulfone groups is 1. The second-order valence-corrected chi connectivity index (χ2v) is 7.16. The summed E-state index contributed by atoms with van der Waals surface area (Å²) in [5.41, 5.74) is -2.39. The van der Waals surface area contributed by atoms with E-state index in [0.29, 0.717) is 25.7 Å². The maximum atomic E-state index is 11.7. The topological polar surface area (TPSA) is 78.2 Å². The fourth-order valence-electron chi connectivity index (χ4n) is 2.64. The third-order valence-corrected chi connectivity index (χ3v) is 5.64. The van der Waals surface area contributed by atoms with Crippen molar-refractivity contribution in [1.82, 2.24) is 0 Å². The van der Waals surface area contributed by atoms with Crippen molar-refractivity contribution in [2.75, 3.05) is 6.26 Å². The van der Waals surface area contributed by atoms with E-state index in [1.807, 2.05) is 0 Å². The van der Waals surface area contributed by atoms with Crippen LogP contribution in [0.2, 0.25) is 0 Å². The summed E-state index contributed by atoms with van der Waals surface area (Å²) in [6.45, 7) is 3.45. The Morgan fingerprint density at radius 3 is 2.56 bits per heavy atom. The lowest BCUT2D eigenvalue weighted by atomic mass is 9.71. The summed E-state index contributed by atoms with van der Waals surface area (Å²) >= 11 is 0. The first kappa shape index (κ1) is 13.5. The van der Waals surface area contributed by atoms with Crippen molar-refractivity contribution in [3.05, 3.63) is 0 Å². The van der Waals surface area contributed by atoms with Gasteiger partial charge in [0.15, 0.2) is 9.84 Å². The monoisotopic (exact) mass is 245 g/mol. The minimum atomic E-state index is -3.31. The third-order valence-electron chi connectivity index (χ3n) is 3.98. The molecule has 0 spiro atoms. The lowest BCUT2D eigenvalue weighted by Crippen LogP contribution is -2.53. The molecule has 92 valence electrons. The first-order chi connectivity index (χ1) is 7.21. The highest BCUT2D eigenvalue weighted by Gasteiger charge is 2.57. The van der Waals surface area contributed by atoms with Gasteiger partial charge in [0.2, 0.25) is 0 Å². The van der Waals surface area contributed by atoms with Crippen LogP contribution in [0.3, 0.4) is 0 Å². The van der Waals surface area contributed by atoms with Gasteiger partial charge in [-0.1, -0.05) is 6.92 Å². The van der Waals surface area contributed by atoms with Crippen LogP contribution in [0.5, 0.6) is 0 Å². The summed E-state index contributed by atoms with van der Waals surface area (Å²) in [5, 5.41) is 19.0. The Kier molecular flexibility index (Phi) is 3.37. The van der Waals surface area contributed by atoms with Crippen LogP contribution < -0.4 is 0 Å². The van der Waals surface area contributed by atoms with Gasteiger partial charge in [-0.3, -0.25) is 0 Å². The van der Waals surface area contributed by atoms with E-state index < -0.39 is 26.1 Å². The van der Waals surface area contributed by atoms with E-state index in [9.17, 15) is 18.8 Å². The summed E-state index contributed by atoms with van der Waals surface area (Å²) in [5.74, 6) is 0. The molecule has 0 heterocycles. The van der Waals surface area contributed by atoms with Crippen molar-refractivity contribution in [3.63, 3.8) is 0 Å². The standard InChI is InChI=1S/C11H19NO3S/c1-4-10(2,8-12)11(13)7-5-6-9(11)16(3,14)15/h9,13H,4-7H2,1-3H3. The van der Waals surface area contributed by atoms with Gasteiger partial charge in [-0.25, -0.2) is 8.42 Å². The molecule has 0 aliphatic heterocycles. The molecule has 1 aliphatic carbocycles. The van der Waals surface area contributed by atoms with Gasteiger partial charge in [0, 0.05) is 6.26 Å². The van der Waals surface area contributed by atoms with Crippen LogP contribution in [0.15, 0.2) is 0 Å². The minimum absolute atomic E-state index is 0.392. The summed E-state index contributed by atoms with van der Waals surface area (Å²) in [4.78, 5) is 0. The van der Waals surface area contributed by atoms with Gasteiger partial charge in [-0.15, -0.1) is 0 Å². The van der Waals surface area contributed by atoms with Crippen molar-refractivity contribution in [1.29, 1.82) is 5.26 Å². The number of hydrogen-bond donors (Lipinski definition) is 1. The highest BCUT2D eigenvalue weighted by molar-refractivity contribution is 7.91. The first-order valence-corrected chi connectivity index (χ1v) is 7.49. The lowest BCUT2D eigenvalue weighted by Gasteiger charge is -2.40. The Labute approximate surface area is 97.2 Å². The summed E-state index contributed by atoms with van der Waals surface area (Å²) < 4.78 is 23.3. The Bertz CT molecular complexity index is 411. The van der Waals surface area contributed by atoms with Crippen LogP contribution in [0.4, 0.5) is 0 Å². The molecule has 3 atom stereocenters. The van der Waals surface area contributed by atoms with Crippen molar-refractivity contribution in [2.24, 2.45) is 5.41 Å². The summed E-state index contributed by atoms with van der Waals surface area (Å²) in [7, 11) is -3.31. The Morgan fingerprint density at radius 2 is 2.19 bits per heavy atom. The SMILES string of the molecule is CCC(C)(C#N)C1(O)CCCC1S(C)(=O)=O. The van der Waals surface area contributed by atoms with E-state index in [1.54, 1.807) is 13.8 Å². The highest BCUT2D eigenvalue weighted by atomic mass is 32.2. The van der Waals surface area contributed by atoms with Crippen LogP contribution in [0.25, 0.3) is 0 Å². The van der Waals surface area contributed by atoms with Crippen molar-refractivity contribution in [2.45, 2.75) is 50.4 Å². The zero-order valence-electron chi connectivity index (χ0n) is 10.0. The summed E-state index contributed by atoms with van der Waals surface area (Å²) in [6.07, 6.45) is 3.09. The van der Waals surface area contributed by atoms with Gasteiger partial charge < -0.3 is 5.11 Å². The zero-order chi connectivity index (χ0) is 12.6. The largest absolute Gasteiger partial charge is 0.387 e. The minimum Gasteiger partial charge on any atom is -0.387 e. The van der Waals surface area contributed by atoms with Crippen LogP contribution in [0.1, 0.15) is 39.5 Å². The van der Waals surface area contributed by atoms with Crippen molar-refractivity contribution >= 4 is 9.84 Å². The van der Waals surface area contributed by atoms with E-state index in [4.69, 9.17) is 0 Å². The molecular weight excluding hydrogens is 226 g/mol. The predicted molar refractivity (Wildman–Crippen MR) is 61.4 cm³/mol. The molecule has 3 unspecified atom stereocenters. The Balaban J connectivity index is 3.24. The van der Waals surface area contributed by atoms with Crippen molar-refractivity contribution < 1.29 is 13.5 Å². The molecule has 0 radical (unpaired) electrons. The molecule has 0 bridgehead atoms. The van der Waals surface area contributed by atoms with Crippen molar-refractivity contribution in [3.8, 4) is 6.07 Å². The average Bonchev–Trinajstić information content (AvgIpc) is 2.60. The van der Waals surface area contributed by atoms with Gasteiger partial charge in [0.05, 0.1) is 22.3 Å². The molecule has 1 aliphatic rings. The molecule has 0 saturated heterocycles. The highest BCUT2D eigenvalue weighted by Crippen LogP contribution is 2.48. The molecule has 0 aromatic heterocycles. The van der Waals surface area contributed by atoms with E-state index in [2.05, 4.69) is 6.07 Å². The number of nitrogens with zero attached hydrogens (tertiary/aromatic N) is 1. The molecule has 5 heteroatoms. The molecule has 0 aromatic carbocycles. The normalized spacial score (nSPS) is 34.3. The second kappa shape index (κ2) is 4.01. The number of nitriles is 1. The maximum absolute atomic E-state index is 11.7. The van der Waals surface area contributed by atoms with Crippen LogP contribution >= 0.6 is 0 Å². The third kappa shape index (κ3) is 1.85. The number of rotatable bonds is 3. The molecule has 1 fully saturated rings. The molecule has 1 saturated carbocycles. The quantitative estimate of drug-likeness (QED) is 0.811. The fourth-order valence-corrected chi connectivity index (χ4v) is 4.32. The molecule has 0 aromatic rings. The second-order valence-electron chi connectivity index (χ2n) is 4.93. The summed E-state index contributed by atoms with van der Waals surface area (Å²) in [6, 6.07) is 2.10. The molecule has 0 amide bonds. The maximum Gasteiger partial charge on any atom is 0.153 e. The number of aliphatic hydroxyl groups is 1. The molecule has 16 heavy (non-hydrogen) atoms. The van der Waals surface area contributed by atoms with Crippen LogP contribution in [-0.4, -0.2) is 30.6 Å². The van der Waals surface area contributed by atoms with E-state index in [-0.39, 0.29) is 0 Å². The fraction of sp³-hybridized carbons (Fsp3) is 0.909. The first-order valence-electron chi connectivity index (χ1n) is 5.54. The average molecular weight is 245 g/mol. The molecule has 1 N–H and O–H groups in total. The molecule has 1 rings (SSSR count). The molecule has 4 nitrogen and oxygen atoms in total. The van der Waals surface area contributed by atoms with E-state index in [1.165, 1.54) is 0 Å². The van der Waals surface area contributed by atoms with Gasteiger partial charge >= 0.3 is 0 Å². The van der Waals surface area contributed by atoms with Gasteiger partial charge in [0.25, 0.3) is 0 Å². The van der Waals surface area contributed by atoms with Gasteiger partial charge in [-0.2, -0.15) is 5.26 Å². The smallest absolute Gasteiger partial charge is 0.153 e. The van der Waals surface area contributed by atoms with Crippen LogP contribution in [0, 0.1) is 16.7 Å². The van der Waals surface area contributed by atoms with Gasteiger partial charge in [0.1, 0.15) is 0 Å².